The molecule has 1 atom stereocenters. The number of nitrogens with one attached hydrogen (secondary N) is 2. The predicted molar refractivity (Wildman–Crippen MR) is 139 cm³/mol. The number of halogens is 1. The summed E-state index contributed by atoms with van der Waals surface area (Å²) in [4.78, 5) is 15.6. The molecule has 3 N–H and O–H groups in total. The third-order valence-electron chi connectivity index (χ3n) is 7.18. The minimum Gasteiger partial charge on any atom is -0.386 e. The van der Waals surface area contributed by atoms with Crippen LogP contribution < -0.4 is 14.9 Å². The first-order valence-corrected chi connectivity index (χ1v) is 13.8. The van der Waals surface area contributed by atoms with E-state index in [1.807, 2.05) is 12.1 Å². The molecule has 1 unspecified atom stereocenters. The van der Waals surface area contributed by atoms with E-state index >= 15 is 0 Å². The summed E-state index contributed by atoms with van der Waals surface area (Å²) in [5.41, 5.74) is 5.77. The lowest BCUT2D eigenvalue weighted by molar-refractivity contribution is 0.0783. The summed E-state index contributed by atoms with van der Waals surface area (Å²) in [7, 11) is -1.81. The van der Waals surface area contributed by atoms with Crippen LogP contribution in [0.2, 0.25) is 5.02 Å². The number of fused-ring (bicyclic) bond motifs is 2. The Morgan fingerprint density at radius 2 is 1.63 bits per heavy atom. The highest BCUT2D eigenvalue weighted by molar-refractivity contribution is 7.83. The second kappa shape index (κ2) is 9.73. The Morgan fingerprint density at radius 1 is 1.03 bits per heavy atom. The minimum atomic E-state index is -1.81. The lowest BCUT2D eigenvalue weighted by Gasteiger charge is -2.30. The van der Waals surface area contributed by atoms with Crippen molar-refractivity contribution in [1.82, 2.24) is 4.72 Å². The average Bonchev–Trinajstić information content (AvgIpc) is 3.52. The number of carbonyl (C=O) groups is 1. The molecule has 2 aliphatic carbocycles. The quantitative estimate of drug-likeness (QED) is 0.552. The molecule has 2 aromatic rings. The fraction of sp³-hybridized carbons (Fsp3) is 0.500. The number of amides is 2. The largest absolute Gasteiger partial charge is 0.386 e. The van der Waals surface area contributed by atoms with E-state index in [0.29, 0.717) is 36.8 Å². The average molecular weight is 518 g/mol. The Balaban J connectivity index is 1.39. The normalized spacial score (nSPS) is 18.2. The van der Waals surface area contributed by atoms with Gasteiger partial charge in [-0.3, -0.25) is 4.72 Å². The molecule has 0 aromatic heterocycles. The Labute approximate surface area is 213 Å². The van der Waals surface area contributed by atoms with E-state index in [0.717, 1.165) is 77.2 Å². The van der Waals surface area contributed by atoms with Crippen LogP contribution >= 0.6 is 11.6 Å². The SMILES string of the molecule is CC(C)(O)c1cc(N2CCOCC2)cc(S(=O)NC(=O)Nc2c3c(c(Cl)c4c2CCC4)CCC3)c1. The highest BCUT2D eigenvalue weighted by Gasteiger charge is 2.29. The molecule has 7 nitrogen and oxygen atoms in total. The molecular formula is C26H32ClN3O4S. The summed E-state index contributed by atoms with van der Waals surface area (Å²) in [5, 5.41) is 14.5. The van der Waals surface area contributed by atoms with Gasteiger partial charge in [-0.15, -0.1) is 0 Å². The lowest BCUT2D eigenvalue weighted by Crippen LogP contribution is -2.36. The summed E-state index contributed by atoms with van der Waals surface area (Å²) >= 11 is 6.69. The number of hydrogen-bond acceptors (Lipinski definition) is 5. The second-order valence-corrected chi connectivity index (χ2v) is 11.6. The summed E-state index contributed by atoms with van der Waals surface area (Å²) < 4.78 is 21.3. The van der Waals surface area contributed by atoms with Crippen LogP contribution in [0.4, 0.5) is 16.2 Å². The Morgan fingerprint density at radius 3 is 2.23 bits per heavy atom. The number of anilines is 2. The Hall–Kier alpha value is -2.13. The first kappa shape index (κ1) is 24.6. The van der Waals surface area contributed by atoms with Gasteiger partial charge in [0.2, 0.25) is 0 Å². The number of benzene rings is 2. The van der Waals surface area contributed by atoms with E-state index < -0.39 is 22.6 Å². The summed E-state index contributed by atoms with van der Waals surface area (Å²) in [6, 6.07) is 4.91. The zero-order valence-electron chi connectivity index (χ0n) is 20.2. The van der Waals surface area contributed by atoms with Gasteiger partial charge in [-0.1, -0.05) is 11.6 Å². The highest BCUT2D eigenvalue weighted by atomic mass is 35.5. The van der Waals surface area contributed by atoms with Gasteiger partial charge in [0.05, 0.1) is 23.7 Å². The molecule has 3 aliphatic rings. The predicted octanol–water partition coefficient (Wildman–Crippen LogP) is 4.23. The van der Waals surface area contributed by atoms with Crippen LogP contribution in [0.3, 0.4) is 0 Å². The summed E-state index contributed by atoms with van der Waals surface area (Å²) in [6.07, 6.45) is 5.67. The molecule has 1 fully saturated rings. The number of rotatable bonds is 5. The molecule has 1 saturated heterocycles. The van der Waals surface area contributed by atoms with E-state index in [9.17, 15) is 14.1 Å². The maximum Gasteiger partial charge on any atom is 0.331 e. The van der Waals surface area contributed by atoms with Crippen molar-refractivity contribution in [2.24, 2.45) is 0 Å². The molecule has 1 heterocycles. The third-order valence-corrected chi connectivity index (χ3v) is 8.67. The van der Waals surface area contributed by atoms with Gasteiger partial charge >= 0.3 is 6.03 Å². The van der Waals surface area contributed by atoms with E-state index in [4.69, 9.17) is 16.3 Å². The van der Waals surface area contributed by atoms with Crippen LogP contribution in [-0.2, 0) is 47.0 Å². The van der Waals surface area contributed by atoms with Gasteiger partial charge in [-0.25, -0.2) is 9.00 Å². The van der Waals surface area contributed by atoms with Crippen LogP contribution in [0, 0.1) is 0 Å². The molecule has 9 heteroatoms. The van der Waals surface area contributed by atoms with Crippen molar-refractivity contribution >= 4 is 40.0 Å². The number of aliphatic hydroxyl groups is 1. The first-order valence-electron chi connectivity index (χ1n) is 12.3. The molecule has 1 aliphatic heterocycles. The van der Waals surface area contributed by atoms with Gasteiger partial charge in [-0.2, -0.15) is 0 Å². The molecule has 0 saturated carbocycles. The lowest BCUT2D eigenvalue weighted by atomic mass is 9.97. The zero-order chi connectivity index (χ0) is 24.7. The molecule has 2 aromatic carbocycles. The smallest absolute Gasteiger partial charge is 0.331 e. The highest BCUT2D eigenvalue weighted by Crippen LogP contribution is 2.44. The molecule has 35 heavy (non-hydrogen) atoms. The van der Waals surface area contributed by atoms with Crippen molar-refractivity contribution in [3.05, 3.63) is 51.0 Å². The molecule has 188 valence electrons. The number of nitrogens with zero attached hydrogens (tertiary/aromatic N) is 1. The molecular weight excluding hydrogens is 486 g/mol. The third kappa shape index (κ3) is 4.94. The molecule has 2 amide bonds. The standard InChI is InChI=1S/C26H32ClN3O4S/c1-26(2,32)16-13-17(30-9-11-34-12-10-30)15-18(14-16)35(33)29-25(31)28-24-21-7-3-5-19(21)23(27)20-6-4-8-22(20)24/h13-15,32H,3-12H2,1-2H3,(H2,28,29,31). The topological polar surface area (TPSA) is 90.9 Å². The number of hydrogen-bond donors (Lipinski definition) is 3. The van der Waals surface area contributed by atoms with Gasteiger partial charge in [0.25, 0.3) is 0 Å². The van der Waals surface area contributed by atoms with E-state index in [2.05, 4.69) is 14.9 Å². The van der Waals surface area contributed by atoms with Crippen LogP contribution in [0.5, 0.6) is 0 Å². The number of morpholine rings is 1. The second-order valence-electron chi connectivity index (χ2n) is 10.0. The van der Waals surface area contributed by atoms with Gasteiger partial charge in [-0.05, 0) is 98.4 Å². The van der Waals surface area contributed by atoms with Crippen molar-refractivity contribution in [2.75, 3.05) is 36.5 Å². The van der Waals surface area contributed by atoms with Crippen LogP contribution in [0.1, 0.15) is 54.5 Å². The van der Waals surface area contributed by atoms with Crippen molar-refractivity contribution in [3.63, 3.8) is 0 Å². The number of urea groups is 1. The number of carbonyl (C=O) groups excluding carboxylic acids is 1. The van der Waals surface area contributed by atoms with Gasteiger partial charge in [0.15, 0.2) is 11.0 Å². The maximum absolute atomic E-state index is 13.3. The van der Waals surface area contributed by atoms with Crippen molar-refractivity contribution in [3.8, 4) is 0 Å². The molecule has 0 spiro atoms. The molecule has 0 bridgehead atoms. The van der Waals surface area contributed by atoms with Crippen molar-refractivity contribution in [2.45, 2.75) is 62.9 Å². The van der Waals surface area contributed by atoms with Crippen LogP contribution in [0.15, 0.2) is 23.1 Å². The first-order chi connectivity index (χ1) is 16.7. The Bertz CT molecular complexity index is 1150. The molecule has 0 radical (unpaired) electrons. The van der Waals surface area contributed by atoms with E-state index in [1.165, 1.54) is 0 Å². The fourth-order valence-corrected chi connectivity index (χ4v) is 6.58. The minimum absolute atomic E-state index is 0.438. The summed E-state index contributed by atoms with van der Waals surface area (Å²) in [5.74, 6) is 0. The van der Waals surface area contributed by atoms with E-state index in [1.54, 1.807) is 19.9 Å². The zero-order valence-corrected chi connectivity index (χ0v) is 21.8. The molecule has 5 rings (SSSR count). The summed E-state index contributed by atoms with van der Waals surface area (Å²) in [6.45, 7) is 6.03. The van der Waals surface area contributed by atoms with Crippen molar-refractivity contribution in [1.29, 1.82) is 0 Å². The van der Waals surface area contributed by atoms with Crippen LogP contribution in [0.25, 0.3) is 0 Å². The van der Waals surface area contributed by atoms with Crippen molar-refractivity contribution < 1.29 is 18.8 Å². The van der Waals surface area contributed by atoms with Gasteiger partial charge < -0.3 is 20.1 Å². The van der Waals surface area contributed by atoms with E-state index in [-0.39, 0.29) is 0 Å². The maximum atomic E-state index is 13.3. The van der Waals surface area contributed by atoms with Crippen LogP contribution in [-0.4, -0.2) is 41.6 Å². The van der Waals surface area contributed by atoms with Gasteiger partial charge in [0, 0.05) is 29.5 Å². The number of ether oxygens (including phenoxy) is 1. The monoisotopic (exact) mass is 517 g/mol. The fourth-order valence-electron chi connectivity index (χ4n) is 5.37. The van der Waals surface area contributed by atoms with Gasteiger partial charge in [0.1, 0.15) is 0 Å². The Kier molecular flexibility index (Phi) is 6.83.